The number of fused-ring (bicyclic) bond motifs is 3. The molecule has 29 heavy (non-hydrogen) atoms. The number of methoxy groups -OCH3 is 1. The van der Waals surface area contributed by atoms with Crippen LogP contribution in [0.4, 0.5) is 0 Å². The normalized spacial score (nSPS) is 27.1. The van der Waals surface area contributed by atoms with E-state index in [0.29, 0.717) is 0 Å². The fourth-order valence-corrected chi connectivity index (χ4v) is 5.48. The minimum Gasteiger partial charge on any atom is -0.497 e. The van der Waals surface area contributed by atoms with Gasteiger partial charge < -0.3 is 9.84 Å². The molecule has 2 fully saturated rings. The first-order valence-corrected chi connectivity index (χ1v) is 10.6. The molecule has 2 heterocycles. The van der Waals surface area contributed by atoms with Gasteiger partial charge in [-0.3, -0.25) is 9.88 Å². The lowest BCUT2D eigenvalue weighted by Crippen LogP contribution is -2.57. The Morgan fingerprint density at radius 2 is 1.83 bits per heavy atom. The van der Waals surface area contributed by atoms with E-state index in [1.54, 1.807) is 7.11 Å². The number of nitrogens with zero attached hydrogens (tertiary/aromatic N) is 2. The van der Waals surface area contributed by atoms with Crippen LogP contribution in [0, 0.1) is 11.8 Å². The van der Waals surface area contributed by atoms with Gasteiger partial charge in [-0.2, -0.15) is 0 Å². The van der Waals surface area contributed by atoms with E-state index in [1.807, 2.05) is 24.4 Å². The lowest BCUT2D eigenvalue weighted by molar-refractivity contribution is -0.148. The number of hydrogen-bond acceptors (Lipinski definition) is 4. The number of aliphatic hydroxyl groups is 1. The number of benzene rings is 2. The number of piperidine rings is 1. The molecule has 1 aromatic heterocycles. The SMILES string of the molecule is COc1ccc(C2(O)[C@@H]3CCC[C@H]2CN(Cc2ccc4ncccc4c2)C3)cc1. The van der Waals surface area contributed by atoms with Gasteiger partial charge in [0.25, 0.3) is 0 Å². The van der Waals surface area contributed by atoms with Gasteiger partial charge in [-0.25, -0.2) is 0 Å². The molecule has 150 valence electrons. The first-order chi connectivity index (χ1) is 14.2. The quantitative estimate of drug-likeness (QED) is 0.721. The molecular formula is C25H28N2O2. The fourth-order valence-electron chi connectivity index (χ4n) is 5.48. The maximum atomic E-state index is 11.8. The molecule has 2 aliphatic rings. The molecular weight excluding hydrogens is 360 g/mol. The van der Waals surface area contributed by atoms with E-state index in [4.69, 9.17) is 4.74 Å². The predicted octanol–water partition coefficient (Wildman–Crippen LogP) is 4.36. The second kappa shape index (κ2) is 7.43. The highest BCUT2D eigenvalue weighted by Gasteiger charge is 2.51. The number of aromatic nitrogens is 1. The number of ether oxygens (including phenoxy) is 1. The zero-order valence-electron chi connectivity index (χ0n) is 16.9. The minimum atomic E-state index is -0.728. The van der Waals surface area contributed by atoms with Crippen LogP contribution in [-0.4, -0.2) is 35.2 Å². The van der Waals surface area contributed by atoms with Crippen LogP contribution in [-0.2, 0) is 12.1 Å². The third-order valence-corrected chi connectivity index (χ3v) is 6.93. The van der Waals surface area contributed by atoms with E-state index in [-0.39, 0.29) is 11.8 Å². The molecule has 4 nitrogen and oxygen atoms in total. The van der Waals surface area contributed by atoms with Crippen molar-refractivity contribution < 1.29 is 9.84 Å². The lowest BCUT2D eigenvalue weighted by atomic mass is 9.62. The van der Waals surface area contributed by atoms with Crippen molar-refractivity contribution in [3.8, 4) is 5.75 Å². The molecule has 3 aromatic rings. The summed E-state index contributed by atoms with van der Waals surface area (Å²) in [5.41, 5.74) is 2.68. The molecule has 3 atom stereocenters. The summed E-state index contributed by atoms with van der Waals surface area (Å²) in [4.78, 5) is 6.96. The van der Waals surface area contributed by atoms with Crippen LogP contribution < -0.4 is 4.74 Å². The van der Waals surface area contributed by atoms with Gasteiger partial charge >= 0.3 is 0 Å². The van der Waals surface area contributed by atoms with Gasteiger partial charge in [-0.15, -0.1) is 0 Å². The van der Waals surface area contributed by atoms with Gasteiger partial charge in [-0.05, 0) is 54.3 Å². The third kappa shape index (κ3) is 3.30. The Bertz CT molecular complexity index is 987. The molecule has 2 bridgehead atoms. The standard InChI is InChI=1S/C25H28N2O2/c1-29-23-10-8-20(9-11-23)25(28)21-5-2-6-22(25)17-27(16-21)15-18-7-12-24-19(14-18)4-3-13-26-24/h3-4,7-14,21-22,28H,2,5-6,15-17H2,1H3/t21-,22+,25?. The molecule has 1 saturated heterocycles. The van der Waals surface area contributed by atoms with E-state index in [9.17, 15) is 5.11 Å². The van der Waals surface area contributed by atoms with Crippen LogP contribution in [0.1, 0.15) is 30.4 Å². The van der Waals surface area contributed by atoms with Gasteiger partial charge in [0.15, 0.2) is 0 Å². The van der Waals surface area contributed by atoms with Gasteiger partial charge in [0.2, 0.25) is 0 Å². The summed E-state index contributed by atoms with van der Waals surface area (Å²) in [7, 11) is 1.68. The monoisotopic (exact) mass is 388 g/mol. The van der Waals surface area contributed by atoms with Crippen LogP contribution in [0.3, 0.4) is 0 Å². The Labute approximate surface area is 172 Å². The summed E-state index contributed by atoms with van der Waals surface area (Å²) in [6, 6.07) is 18.7. The molecule has 1 aliphatic heterocycles. The average Bonchev–Trinajstić information content (AvgIpc) is 2.74. The zero-order valence-corrected chi connectivity index (χ0v) is 16.9. The number of likely N-dealkylation sites (tertiary alicyclic amines) is 1. The third-order valence-electron chi connectivity index (χ3n) is 6.93. The van der Waals surface area contributed by atoms with Crippen molar-refractivity contribution >= 4 is 10.9 Å². The minimum absolute atomic E-state index is 0.269. The van der Waals surface area contributed by atoms with E-state index < -0.39 is 5.60 Å². The average molecular weight is 389 g/mol. The van der Waals surface area contributed by atoms with Crippen LogP contribution >= 0.6 is 0 Å². The number of rotatable bonds is 4. The second-order valence-electron chi connectivity index (χ2n) is 8.60. The topological polar surface area (TPSA) is 45.6 Å². The summed E-state index contributed by atoms with van der Waals surface area (Å²) < 4.78 is 5.30. The highest BCUT2D eigenvalue weighted by Crippen LogP contribution is 2.49. The van der Waals surface area contributed by atoms with Crippen molar-refractivity contribution in [1.82, 2.24) is 9.88 Å². The van der Waals surface area contributed by atoms with Crippen molar-refractivity contribution in [3.63, 3.8) is 0 Å². The zero-order chi connectivity index (χ0) is 19.8. The molecule has 0 spiro atoms. The second-order valence-corrected chi connectivity index (χ2v) is 8.60. The highest BCUT2D eigenvalue weighted by molar-refractivity contribution is 5.78. The van der Waals surface area contributed by atoms with Crippen molar-refractivity contribution in [2.45, 2.75) is 31.4 Å². The maximum absolute atomic E-state index is 11.8. The lowest BCUT2D eigenvalue weighted by Gasteiger charge is -2.53. The number of hydrogen-bond donors (Lipinski definition) is 1. The van der Waals surface area contributed by atoms with Crippen LogP contribution in [0.2, 0.25) is 0 Å². The molecule has 0 amide bonds. The van der Waals surface area contributed by atoms with Crippen molar-refractivity contribution in [2.75, 3.05) is 20.2 Å². The molecule has 2 aromatic carbocycles. The maximum Gasteiger partial charge on any atom is 0.118 e. The first kappa shape index (κ1) is 18.6. The Hall–Kier alpha value is -2.43. The van der Waals surface area contributed by atoms with Gasteiger partial charge in [0, 0.05) is 43.1 Å². The van der Waals surface area contributed by atoms with Crippen molar-refractivity contribution in [2.24, 2.45) is 11.8 Å². The molecule has 1 unspecified atom stereocenters. The molecule has 1 aliphatic carbocycles. The van der Waals surface area contributed by atoms with E-state index >= 15 is 0 Å². The van der Waals surface area contributed by atoms with E-state index in [2.05, 4.69) is 46.3 Å². The van der Waals surface area contributed by atoms with Gasteiger partial charge in [-0.1, -0.05) is 30.7 Å². The molecule has 4 heteroatoms. The summed E-state index contributed by atoms with van der Waals surface area (Å²) >= 11 is 0. The Balaban J connectivity index is 1.38. The van der Waals surface area contributed by atoms with Crippen LogP contribution in [0.15, 0.2) is 60.8 Å². The summed E-state index contributed by atoms with van der Waals surface area (Å²) in [6.45, 7) is 2.80. The summed E-state index contributed by atoms with van der Waals surface area (Å²) in [5.74, 6) is 1.38. The highest BCUT2D eigenvalue weighted by atomic mass is 16.5. The molecule has 1 N–H and O–H groups in total. The molecule has 5 rings (SSSR count). The summed E-state index contributed by atoms with van der Waals surface area (Å²) in [6.07, 6.45) is 5.21. The fraction of sp³-hybridized carbons (Fsp3) is 0.400. The van der Waals surface area contributed by atoms with Crippen LogP contribution in [0.25, 0.3) is 10.9 Å². The number of pyridine rings is 1. The Kier molecular flexibility index (Phi) is 4.76. The van der Waals surface area contributed by atoms with Crippen molar-refractivity contribution in [3.05, 3.63) is 71.9 Å². The molecule has 1 saturated carbocycles. The van der Waals surface area contributed by atoms with Crippen molar-refractivity contribution in [1.29, 1.82) is 0 Å². The van der Waals surface area contributed by atoms with Crippen LogP contribution in [0.5, 0.6) is 5.75 Å². The van der Waals surface area contributed by atoms with E-state index in [0.717, 1.165) is 49.3 Å². The van der Waals surface area contributed by atoms with E-state index in [1.165, 1.54) is 17.4 Å². The Morgan fingerprint density at radius 3 is 2.55 bits per heavy atom. The van der Waals surface area contributed by atoms with Gasteiger partial charge in [0.05, 0.1) is 18.2 Å². The summed E-state index contributed by atoms with van der Waals surface area (Å²) in [5, 5.41) is 13.0. The smallest absolute Gasteiger partial charge is 0.118 e. The largest absolute Gasteiger partial charge is 0.497 e. The van der Waals surface area contributed by atoms with Gasteiger partial charge in [0.1, 0.15) is 5.75 Å². The molecule has 0 radical (unpaired) electrons. The Morgan fingerprint density at radius 1 is 1.07 bits per heavy atom. The predicted molar refractivity (Wildman–Crippen MR) is 115 cm³/mol. The first-order valence-electron chi connectivity index (χ1n) is 10.6.